The molecule has 0 aromatic rings. The topological polar surface area (TPSA) is 116 Å². The van der Waals surface area contributed by atoms with Gasteiger partial charge in [0.05, 0.1) is 0 Å². The predicted molar refractivity (Wildman–Crippen MR) is 299 cm³/mol. The van der Waals surface area contributed by atoms with E-state index in [1.54, 1.807) is 0 Å². The number of rotatable bonds is 56. The molecule has 0 saturated carbocycles. The van der Waals surface area contributed by atoms with Crippen LogP contribution in [0.5, 0.6) is 0 Å². The number of unbranched alkanes of at least 4 members (excludes halogenated alkanes) is 38. The summed E-state index contributed by atoms with van der Waals surface area (Å²) in [5.74, 6) is 0.147. The number of hydrogen-bond donors (Lipinski definition) is 4. The Balaban J connectivity index is 4.53. The molecule has 0 saturated heterocycles. The Hall–Kier alpha value is -2.12. The lowest BCUT2D eigenvalue weighted by Crippen LogP contribution is -2.49. The van der Waals surface area contributed by atoms with Gasteiger partial charge in [0.25, 0.3) is 0 Å². The molecule has 4 amide bonds. The Kier molecular flexibility index (Phi) is 53.5. The Labute approximate surface area is 429 Å². The number of hydrogen-bond acceptors (Lipinski definition) is 4. The van der Waals surface area contributed by atoms with Crippen LogP contribution in [0.25, 0.3) is 0 Å². The molecule has 0 aliphatic heterocycles. The lowest BCUT2D eigenvalue weighted by atomic mass is 10.0. The molecule has 0 aliphatic carbocycles. The van der Waals surface area contributed by atoms with E-state index in [1.807, 2.05) is 0 Å². The molecule has 0 rings (SSSR count). The highest BCUT2D eigenvalue weighted by Crippen LogP contribution is 2.17. The van der Waals surface area contributed by atoms with Gasteiger partial charge in [-0.1, -0.05) is 259 Å². The zero-order chi connectivity index (χ0) is 50.4. The maximum absolute atomic E-state index is 13.7. The fourth-order valence-corrected chi connectivity index (χ4v) is 9.75. The highest BCUT2D eigenvalue weighted by Gasteiger charge is 2.22. The molecule has 0 fully saturated rings. The maximum atomic E-state index is 13.7. The summed E-state index contributed by atoms with van der Waals surface area (Å²) in [5.41, 5.74) is 0. The molecule has 8 heteroatoms. The van der Waals surface area contributed by atoms with Crippen molar-refractivity contribution in [2.24, 2.45) is 0 Å². The van der Waals surface area contributed by atoms with Crippen LogP contribution in [0.3, 0.4) is 0 Å². The molecule has 4 N–H and O–H groups in total. The number of nitrogens with one attached hydrogen (secondary N) is 4. The van der Waals surface area contributed by atoms with Crippen molar-refractivity contribution >= 4 is 23.6 Å². The summed E-state index contributed by atoms with van der Waals surface area (Å²) in [6.07, 6.45) is 57.6. The molecule has 0 unspecified atom stereocenters. The number of amides is 4. The van der Waals surface area contributed by atoms with Crippen molar-refractivity contribution in [3.63, 3.8) is 0 Å². The quantitative estimate of drug-likeness (QED) is 0.0454. The van der Waals surface area contributed by atoms with E-state index in [9.17, 15) is 19.2 Å². The second-order valence-corrected chi connectivity index (χ2v) is 21.4. The van der Waals surface area contributed by atoms with Gasteiger partial charge in [-0.15, -0.1) is 0 Å². The smallest absolute Gasteiger partial charge is 0.242 e. The van der Waals surface area contributed by atoms with E-state index in [0.717, 1.165) is 77.0 Å². The lowest BCUT2D eigenvalue weighted by Gasteiger charge is -2.23. The molecule has 408 valence electrons. The average Bonchev–Trinajstić information content (AvgIpc) is 3.34. The van der Waals surface area contributed by atoms with Crippen LogP contribution in [0.4, 0.5) is 0 Å². The van der Waals surface area contributed by atoms with Crippen molar-refractivity contribution in [1.82, 2.24) is 21.3 Å². The summed E-state index contributed by atoms with van der Waals surface area (Å²) in [7, 11) is 0. The van der Waals surface area contributed by atoms with Crippen LogP contribution in [0.2, 0.25) is 0 Å². The summed E-state index contributed by atoms with van der Waals surface area (Å²) in [6, 6.07) is -0.539. The molecule has 0 aromatic carbocycles. The zero-order valence-electron chi connectivity index (χ0n) is 46.9. The van der Waals surface area contributed by atoms with Gasteiger partial charge in [0.2, 0.25) is 23.6 Å². The second-order valence-electron chi connectivity index (χ2n) is 21.4. The highest BCUT2D eigenvalue weighted by molar-refractivity contribution is 5.87. The predicted octanol–water partition coefficient (Wildman–Crippen LogP) is 17.4. The van der Waals surface area contributed by atoms with Gasteiger partial charge in [-0.2, -0.15) is 0 Å². The molecule has 0 aliphatic rings. The fourth-order valence-electron chi connectivity index (χ4n) is 9.75. The van der Waals surface area contributed by atoms with E-state index < -0.39 is 6.04 Å². The van der Waals surface area contributed by atoms with Crippen molar-refractivity contribution in [3.8, 4) is 0 Å². The second kappa shape index (κ2) is 55.2. The third kappa shape index (κ3) is 50.6. The van der Waals surface area contributed by atoms with E-state index in [-0.39, 0.29) is 29.7 Å². The first kappa shape index (κ1) is 66.9. The molecular formula is C61H120N4O4. The zero-order valence-corrected chi connectivity index (χ0v) is 46.9. The molecule has 0 aromatic heterocycles. The van der Waals surface area contributed by atoms with E-state index in [0.29, 0.717) is 38.8 Å². The van der Waals surface area contributed by atoms with Crippen molar-refractivity contribution in [3.05, 3.63) is 0 Å². The van der Waals surface area contributed by atoms with E-state index >= 15 is 0 Å². The molecule has 8 nitrogen and oxygen atoms in total. The largest absolute Gasteiger partial charge is 0.356 e. The normalized spacial score (nSPS) is 12.2. The maximum Gasteiger partial charge on any atom is 0.242 e. The first-order chi connectivity index (χ1) is 33.9. The summed E-state index contributed by atoms with van der Waals surface area (Å²) in [5, 5.41) is 12.6. The molecule has 69 heavy (non-hydrogen) atoms. The van der Waals surface area contributed by atoms with E-state index in [4.69, 9.17) is 0 Å². The van der Waals surface area contributed by atoms with Gasteiger partial charge in [-0.05, 0) is 64.2 Å². The van der Waals surface area contributed by atoms with Crippen LogP contribution in [0, 0.1) is 0 Å². The van der Waals surface area contributed by atoms with Crippen LogP contribution in [-0.2, 0) is 19.2 Å². The van der Waals surface area contributed by atoms with E-state index in [2.05, 4.69) is 49.0 Å². The van der Waals surface area contributed by atoms with Gasteiger partial charge in [0.1, 0.15) is 6.04 Å². The van der Waals surface area contributed by atoms with Crippen molar-refractivity contribution in [2.75, 3.05) is 13.1 Å². The van der Waals surface area contributed by atoms with Gasteiger partial charge in [0, 0.05) is 38.4 Å². The number of carbonyl (C=O) groups is 4. The Morgan fingerprint density at radius 2 is 0.565 bits per heavy atom. The Bertz CT molecular complexity index is 1120. The van der Waals surface area contributed by atoms with Crippen LogP contribution in [0.15, 0.2) is 0 Å². The van der Waals surface area contributed by atoms with Crippen molar-refractivity contribution in [2.45, 2.75) is 354 Å². The fraction of sp³-hybridized carbons (Fsp3) is 0.934. The van der Waals surface area contributed by atoms with Crippen LogP contribution in [-0.4, -0.2) is 48.8 Å². The van der Waals surface area contributed by atoms with Crippen LogP contribution < -0.4 is 21.3 Å². The minimum atomic E-state index is -0.570. The van der Waals surface area contributed by atoms with Gasteiger partial charge in [-0.3, -0.25) is 19.2 Å². The molecule has 0 heterocycles. The summed E-state index contributed by atoms with van der Waals surface area (Å²) < 4.78 is 0. The van der Waals surface area contributed by atoms with Crippen molar-refractivity contribution < 1.29 is 19.2 Å². The van der Waals surface area contributed by atoms with Crippen molar-refractivity contribution in [1.29, 1.82) is 0 Å². The lowest BCUT2D eigenvalue weighted by molar-refractivity contribution is -0.129. The highest BCUT2D eigenvalue weighted by atomic mass is 16.2. The minimum Gasteiger partial charge on any atom is -0.356 e. The SMILES string of the molecule is CCCCCCCCCCCCCCCC(=O)NCCCC[C@@H](CC)NC(=O)[C@H](CCCCNC(=O)CCCCCCCCCCCCCCC)NC(=O)CCCCCCCCCCCCCCC. The average molecular weight is 974 g/mol. The number of carbonyl (C=O) groups excluding carboxylic acids is 4. The van der Waals surface area contributed by atoms with Crippen LogP contribution >= 0.6 is 0 Å². The van der Waals surface area contributed by atoms with Gasteiger partial charge < -0.3 is 21.3 Å². The van der Waals surface area contributed by atoms with Gasteiger partial charge in [-0.25, -0.2) is 0 Å². The van der Waals surface area contributed by atoms with Crippen LogP contribution in [0.1, 0.15) is 342 Å². The Morgan fingerprint density at radius 1 is 0.290 bits per heavy atom. The van der Waals surface area contributed by atoms with E-state index in [1.165, 1.54) is 212 Å². The molecular weight excluding hydrogens is 853 g/mol. The standard InChI is InChI=1S/C61H120N4O4/c1-5-9-12-15-18-21-24-27-30-33-36-39-42-51-58(66)62-54-47-45-49-56(8-4)64-61(69)57(65-60(68)53-44-41-38-35-32-29-26-23-20-17-14-11-7-3)50-46-48-55-63-59(67)52-43-40-37-34-31-28-25-22-19-16-13-10-6-2/h56-57H,5-55H2,1-4H3,(H,62,66)(H,63,67)(H,64,69)(H,65,68)/t56-,57+/m1/s1. The molecule has 2 atom stereocenters. The first-order valence-corrected chi connectivity index (χ1v) is 31.0. The monoisotopic (exact) mass is 973 g/mol. The molecule has 0 radical (unpaired) electrons. The third-order valence-corrected chi connectivity index (χ3v) is 14.6. The summed E-state index contributed by atoms with van der Waals surface area (Å²) in [6.45, 7) is 10.2. The molecule has 0 bridgehead atoms. The van der Waals surface area contributed by atoms with Gasteiger partial charge in [0.15, 0.2) is 0 Å². The third-order valence-electron chi connectivity index (χ3n) is 14.6. The van der Waals surface area contributed by atoms with Gasteiger partial charge >= 0.3 is 0 Å². The first-order valence-electron chi connectivity index (χ1n) is 31.0. The summed E-state index contributed by atoms with van der Waals surface area (Å²) >= 11 is 0. The Morgan fingerprint density at radius 3 is 0.870 bits per heavy atom. The minimum absolute atomic E-state index is 0.0313. The molecule has 0 spiro atoms. The summed E-state index contributed by atoms with van der Waals surface area (Å²) in [4.78, 5) is 51.9.